The van der Waals surface area contributed by atoms with Crippen molar-refractivity contribution in [1.29, 1.82) is 0 Å². The highest BCUT2D eigenvalue weighted by Gasteiger charge is 2.15. The van der Waals surface area contributed by atoms with Crippen LogP contribution in [0.4, 0.5) is 0 Å². The molecule has 0 aliphatic heterocycles. The molecule has 0 radical (unpaired) electrons. The number of hydrogen-bond donors (Lipinski definition) is 1. The Balaban J connectivity index is 2.37. The highest BCUT2D eigenvalue weighted by Crippen LogP contribution is 2.15. The summed E-state index contributed by atoms with van der Waals surface area (Å²) >= 11 is 5.92. The third-order valence-corrected chi connectivity index (χ3v) is 3.70. The number of imidazole rings is 1. The van der Waals surface area contributed by atoms with Gasteiger partial charge in [-0.2, -0.15) is 0 Å². The van der Waals surface area contributed by atoms with Gasteiger partial charge in [0.05, 0.1) is 0 Å². The molecule has 1 aromatic heterocycles. The normalized spacial score (nSPS) is 11.7. The molecule has 0 amide bonds. The Morgan fingerprint density at radius 2 is 2.16 bits per heavy atom. The van der Waals surface area contributed by atoms with Crippen LogP contribution in [-0.4, -0.2) is 18.0 Å². The third kappa shape index (κ3) is 3.34. The van der Waals surface area contributed by atoms with E-state index in [2.05, 4.69) is 4.98 Å². The van der Waals surface area contributed by atoms with E-state index in [-0.39, 0.29) is 5.03 Å². The third-order valence-electron chi connectivity index (χ3n) is 2.69. The molecule has 19 heavy (non-hydrogen) atoms. The fourth-order valence-electron chi connectivity index (χ4n) is 1.82. The average Bonchev–Trinajstić information content (AvgIpc) is 2.72. The Kier molecular flexibility index (Phi) is 3.93. The molecule has 0 fully saturated rings. The van der Waals surface area contributed by atoms with Gasteiger partial charge in [0, 0.05) is 24.2 Å². The molecule has 5 nitrogen and oxygen atoms in total. The van der Waals surface area contributed by atoms with Crippen LogP contribution in [0.5, 0.6) is 0 Å². The van der Waals surface area contributed by atoms with Crippen LogP contribution in [0.3, 0.4) is 0 Å². The predicted octanol–water partition coefficient (Wildman–Crippen LogP) is 1.79. The van der Waals surface area contributed by atoms with Crippen molar-refractivity contribution in [3.05, 3.63) is 46.9 Å². The van der Waals surface area contributed by atoms with Gasteiger partial charge in [0.15, 0.2) is 5.03 Å². The highest BCUT2D eigenvalue weighted by molar-refractivity contribution is 7.89. The smallest absolute Gasteiger partial charge is 0.257 e. The van der Waals surface area contributed by atoms with Gasteiger partial charge in [-0.05, 0) is 17.7 Å². The number of sulfonamides is 1. The van der Waals surface area contributed by atoms with Gasteiger partial charge in [0.25, 0.3) is 10.0 Å². The second-order valence-corrected chi connectivity index (χ2v) is 6.10. The Hall–Kier alpha value is -1.37. The van der Waals surface area contributed by atoms with Gasteiger partial charge < -0.3 is 4.57 Å². The number of nitrogens with two attached hydrogens (primary N) is 1. The van der Waals surface area contributed by atoms with Crippen molar-refractivity contribution in [2.45, 2.75) is 24.9 Å². The quantitative estimate of drug-likeness (QED) is 0.935. The molecule has 0 saturated carbocycles. The van der Waals surface area contributed by atoms with E-state index in [0.717, 1.165) is 5.56 Å². The first kappa shape index (κ1) is 14.0. The summed E-state index contributed by atoms with van der Waals surface area (Å²) in [5.74, 6) is 0.670. The van der Waals surface area contributed by atoms with Gasteiger partial charge in [-0.1, -0.05) is 30.7 Å². The van der Waals surface area contributed by atoms with E-state index >= 15 is 0 Å². The van der Waals surface area contributed by atoms with Crippen molar-refractivity contribution in [2.24, 2.45) is 5.14 Å². The zero-order chi connectivity index (χ0) is 14.0. The molecular weight excluding hydrogens is 286 g/mol. The van der Waals surface area contributed by atoms with Crippen LogP contribution in [0.25, 0.3) is 0 Å². The van der Waals surface area contributed by atoms with Gasteiger partial charge in [-0.15, -0.1) is 0 Å². The molecule has 0 atom stereocenters. The van der Waals surface area contributed by atoms with Crippen molar-refractivity contribution in [2.75, 3.05) is 0 Å². The number of hydrogen-bond acceptors (Lipinski definition) is 3. The molecule has 0 unspecified atom stereocenters. The molecule has 2 aromatic rings. The maximum atomic E-state index is 11.3. The highest BCUT2D eigenvalue weighted by atomic mass is 35.5. The molecule has 7 heteroatoms. The first-order chi connectivity index (χ1) is 8.90. The Labute approximate surface area is 117 Å². The topological polar surface area (TPSA) is 78.0 Å². The lowest BCUT2D eigenvalue weighted by atomic mass is 10.2. The monoisotopic (exact) mass is 299 g/mol. The molecule has 0 bridgehead atoms. The van der Waals surface area contributed by atoms with E-state index < -0.39 is 10.0 Å². The molecule has 0 aliphatic carbocycles. The lowest BCUT2D eigenvalue weighted by Crippen LogP contribution is -2.12. The van der Waals surface area contributed by atoms with Crippen LogP contribution in [-0.2, 0) is 23.0 Å². The Morgan fingerprint density at radius 1 is 1.42 bits per heavy atom. The average molecular weight is 300 g/mol. The van der Waals surface area contributed by atoms with Crippen molar-refractivity contribution in [1.82, 2.24) is 9.55 Å². The molecule has 0 aliphatic rings. The first-order valence-corrected chi connectivity index (χ1v) is 7.66. The predicted molar refractivity (Wildman–Crippen MR) is 73.5 cm³/mol. The molecule has 0 saturated heterocycles. The number of aryl methyl sites for hydroxylation is 1. The molecule has 2 rings (SSSR count). The molecule has 1 heterocycles. The molecule has 2 N–H and O–H groups in total. The Morgan fingerprint density at radius 3 is 2.74 bits per heavy atom. The van der Waals surface area contributed by atoms with E-state index in [0.29, 0.717) is 23.8 Å². The zero-order valence-electron chi connectivity index (χ0n) is 10.4. The Bertz CT molecular complexity index is 695. The summed E-state index contributed by atoms with van der Waals surface area (Å²) in [5, 5.41) is 5.62. The van der Waals surface area contributed by atoms with E-state index in [9.17, 15) is 8.42 Å². The van der Waals surface area contributed by atoms with Crippen LogP contribution in [0.2, 0.25) is 5.02 Å². The van der Waals surface area contributed by atoms with Crippen molar-refractivity contribution < 1.29 is 8.42 Å². The molecule has 0 spiro atoms. The van der Waals surface area contributed by atoms with Crippen molar-refractivity contribution >= 4 is 21.6 Å². The van der Waals surface area contributed by atoms with E-state index in [1.807, 2.05) is 25.1 Å². The van der Waals surface area contributed by atoms with Crippen LogP contribution >= 0.6 is 11.6 Å². The van der Waals surface area contributed by atoms with Crippen LogP contribution < -0.4 is 5.14 Å². The van der Waals surface area contributed by atoms with Gasteiger partial charge >= 0.3 is 0 Å². The lowest BCUT2D eigenvalue weighted by Gasteiger charge is -2.06. The van der Waals surface area contributed by atoms with Crippen molar-refractivity contribution in [3.8, 4) is 0 Å². The van der Waals surface area contributed by atoms with Gasteiger partial charge in [-0.3, -0.25) is 0 Å². The summed E-state index contributed by atoms with van der Waals surface area (Å²) in [7, 11) is -3.77. The van der Waals surface area contributed by atoms with Gasteiger partial charge in [0.2, 0.25) is 0 Å². The lowest BCUT2D eigenvalue weighted by molar-refractivity contribution is 0.594. The number of nitrogens with zero attached hydrogens (tertiary/aromatic N) is 2. The standard InChI is InChI=1S/C12H14ClN3O2S/c1-2-11-15-12(19(14,17)18)8-16(11)7-9-4-3-5-10(13)6-9/h3-6,8H,2,7H2,1H3,(H2,14,17,18). The molecular formula is C12H14ClN3O2S. The number of rotatable bonds is 4. The summed E-state index contributed by atoms with van der Waals surface area (Å²) < 4.78 is 24.4. The minimum Gasteiger partial charge on any atom is -0.329 e. The number of benzene rings is 1. The van der Waals surface area contributed by atoms with Crippen molar-refractivity contribution in [3.63, 3.8) is 0 Å². The van der Waals surface area contributed by atoms with E-state index in [4.69, 9.17) is 16.7 Å². The SMILES string of the molecule is CCc1nc(S(N)(=O)=O)cn1Cc1cccc(Cl)c1. The maximum Gasteiger partial charge on any atom is 0.257 e. The van der Waals surface area contributed by atoms with E-state index in [1.54, 1.807) is 10.6 Å². The summed E-state index contributed by atoms with van der Waals surface area (Å²) in [5.41, 5.74) is 0.973. The minimum absolute atomic E-state index is 0.105. The zero-order valence-corrected chi connectivity index (χ0v) is 11.9. The van der Waals surface area contributed by atoms with Crippen LogP contribution in [0.15, 0.2) is 35.5 Å². The summed E-state index contributed by atoms with van der Waals surface area (Å²) in [6.45, 7) is 2.41. The number of aromatic nitrogens is 2. The summed E-state index contributed by atoms with van der Waals surface area (Å²) in [6, 6.07) is 7.38. The fourth-order valence-corrected chi connectivity index (χ4v) is 2.54. The first-order valence-electron chi connectivity index (χ1n) is 5.73. The summed E-state index contributed by atoms with van der Waals surface area (Å²) in [6.07, 6.45) is 2.07. The van der Waals surface area contributed by atoms with Crippen LogP contribution in [0, 0.1) is 0 Å². The minimum atomic E-state index is -3.77. The fraction of sp³-hybridized carbons (Fsp3) is 0.250. The summed E-state index contributed by atoms with van der Waals surface area (Å²) in [4.78, 5) is 4.04. The second-order valence-electron chi connectivity index (χ2n) is 4.15. The number of halogens is 1. The second kappa shape index (κ2) is 5.32. The van der Waals surface area contributed by atoms with Crippen LogP contribution in [0.1, 0.15) is 18.3 Å². The van der Waals surface area contributed by atoms with Gasteiger partial charge in [0.1, 0.15) is 5.82 Å². The number of primary sulfonamides is 1. The van der Waals surface area contributed by atoms with Gasteiger partial charge in [-0.25, -0.2) is 18.5 Å². The van der Waals surface area contributed by atoms with E-state index in [1.165, 1.54) is 6.20 Å². The molecule has 1 aromatic carbocycles. The maximum absolute atomic E-state index is 11.3. The largest absolute Gasteiger partial charge is 0.329 e. The molecule has 102 valence electrons.